The van der Waals surface area contributed by atoms with Gasteiger partial charge >= 0.3 is 5.97 Å². The molecule has 0 aliphatic carbocycles. The number of halogens is 1. The van der Waals surface area contributed by atoms with Gasteiger partial charge in [-0.15, -0.1) is 0 Å². The molecule has 0 aromatic heterocycles. The molecule has 0 atom stereocenters. The van der Waals surface area contributed by atoms with Crippen molar-refractivity contribution in [1.29, 1.82) is 0 Å². The van der Waals surface area contributed by atoms with Gasteiger partial charge in [-0.3, -0.25) is 14.4 Å². The van der Waals surface area contributed by atoms with E-state index in [9.17, 15) is 14.4 Å². The molecule has 0 fully saturated rings. The van der Waals surface area contributed by atoms with Gasteiger partial charge in [0.25, 0.3) is 11.8 Å². The second-order valence-corrected chi connectivity index (χ2v) is 4.45. The summed E-state index contributed by atoms with van der Waals surface area (Å²) in [6.07, 6.45) is 0. The van der Waals surface area contributed by atoms with Gasteiger partial charge in [0.2, 0.25) is 0 Å². The largest absolute Gasteiger partial charge is 0.454 e. The van der Waals surface area contributed by atoms with Crippen LogP contribution < -0.4 is 11.1 Å². The number of hydrogen-bond acceptors (Lipinski definition) is 4. The maximum Gasteiger partial charge on any atom is 0.325 e. The van der Waals surface area contributed by atoms with E-state index in [1.54, 1.807) is 24.3 Å². The van der Waals surface area contributed by atoms with Gasteiger partial charge < -0.3 is 15.8 Å². The Labute approximate surface area is 117 Å². The second-order valence-electron chi connectivity index (χ2n) is 3.29. The van der Waals surface area contributed by atoms with Crippen LogP contribution in [-0.2, 0) is 14.3 Å². The molecule has 7 heteroatoms. The van der Waals surface area contributed by atoms with E-state index >= 15 is 0 Å². The average molecular weight is 362 g/mol. The van der Waals surface area contributed by atoms with Crippen molar-refractivity contribution >= 4 is 40.4 Å². The van der Waals surface area contributed by atoms with Crippen molar-refractivity contribution in [2.45, 2.75) is 0 Å². The van der Waals surface area contributed by atoms with E-state index in [1.807, 2.05) is 22.6 Å². The molecule has 0 saturated carbocycles. The molecular weight excluding hydrogens is 351 g/mol. The highest BCUT2D eigenvalue weighted by molar-refractivity contribution is 14.1. The summed E-state index contributed by atoms with van der Waals surface area (Å²) in [6, 6.07) is 6.95. The Morgan fingerprint density at radius 2 is 1.94 bits per heavy atom. The van der Waals surface area contributed by atoms with E-state index in [4.69, 9.17) is 5.73 Å². The number of carbonyl (C=O) groups is 3. The van der Waals surface area contributed by atoms with Gasteiger partial charge in [0.05, 0.1) is 5.56 Å². The molecule has 3 N–H and O–H groups in total. The monoisotopic (exact) mass is 362 g/mol. The van der Waals surface area contributed by atoms with Crippen molar-refractivity contribution in [3.05, 3.63) is 33.4 Å². The Balaban J connectivity index is 2.45. The quantitative estimate of drug-likeness (QED) is 0.571. The summed E-state index contributed by atoms with van der Waals surface area (Å²) in [5, 5.41) is 2.39. The minimum atomic E-state index is -0.743. The third kappa shape index (κ3) is 4.70. The predicted octanol–water partition coefficient (Wildman–Crippen LogP) is 0.0495. The molecular formula is C11H11IN2O4. The minimum Gasteiger partial charge on any atom is -0.454 e. The molecule has 0 aliphatic rings. The highest BCUT2D eigenvalue weighted by atomic mass is 127. The molecule has 96 valence electrons. The molecule has 0 bridgehead atoms. The molecule has 0 unspecified atom stereocenters. The number of ether oxygens (including phenoxy) is 1. The van der Waals surface area contributed by atoms with Crippen molar-refractivity contribution in [2.75, 3.05) is 13.2 Å². The molecule has 2 amide bonds. The fraction of sp³-hybridized carbons (Fsp3) is 0.182. The number of primary amides is 1. The number of hydrogen-bond donors (Lipinski definition) is 2. The molecule has 0 aliphatic heterocycles. The van der Waals surface area contributed by atoms with Gasteiger partial charge in [-0.2, -0.15) is 0 Å². The molecule has 1 rings (SSSR count). The number of nitrogens with one attached hydrogen (secondary N) is 1. The highest BCUT2D eigenvalue weighted by Crippen LogP contribution is 2.10. The summed E-state index contributed by atoms with van der Waals surface area (Å²) in [6.45, 7) is -0.797. The third-order valence-electron chi connectivity index (χ3n) is 1.89. The molecule has 18 heavy (non-hydrogen) atoms. The van der Waals surface area contributed by atoms with Gasteiger partial charge in [-0.05, 0) is 34.7 Å². The minimum absolute atomic E-state index is 0.308. The normalized spacial score (nSPS) is 9.61. The van der Waals surface area contributed by atoms with Crippen LogP contribution in [0.3, 0.4) is 0 Å². The van der Waals surface area contributed by atoms with Crippen LogP contribution in [0.1, 0.15) is 10.4 Å². The van der Waals surface area contributed by atoms with E-state index in [0.29, 0.717) is 5.56 Å². The summed E-state index contributed by atoms with van der Waals surface area (Å²) >= 11 is 2.02. The zero-order valence-corrected chi connectivity index (χ0v) is 11.5. The van der Waals surface area contributed by atoms with E-state index < -0.39 is 18.5 Å². The van der Waals surface area contributed by atoms with Crippen LogP contribution in [0.25, 0.3) is 0 Å². The first-order valence-corrected chi connectivity index (χ1v) is 6.05. The third-order valence-corrected chi connectivity index (χ3v) is 2.83. The zero-order chi connectivity index (χ0) is 13.5. The van der Waals surface area contributed by atoms with Crippen LogP contribution in [0.2, 0.25) is 0 Å². The van der Waals surface area contributed by atoms with Gasteiger partial charge in [0.15, 0.2) is 6.61 Å². The molecule has 0 spiro atoms. The first-order chi connectivity index (χ1) is 8.50. The van der Waals surface area contributed by atoms with E-state index in [1.165, 1.54) is 0 Å². The van der Waals surface area contributed by atoms with Gasteiger partial charge in [0, 0.05) is 3.57 Å². The second kappa shape index (κ2) is 6.94. The number of carbonyl (C=O) groups excluding carboxylic acids is 3. The topological polar surface area (TPSA) is 98.5 Å². The Hall–Kier alpha value is -1.64. The Morgan fingerprint density at radius 1 is 1.28 bits per heavy atom. The first-order valence-electron chi connectivity index (χ1n) is 4.97. The van der Waals surface area contributed by atoms with Crippen LogP contribution in [0.5, 0.6) is 0 Å². The molecule has 6 nitrogen and oxygen atoms in total. The maximum atomic E-state index is 11.7. The number of amides is 2. The smallest absolute Gasteiger partial charge is 0.325 e. The summed E-state index contributed by atoms with van der Waals surface area (Å²) in [4.78, 5) is 33.2. The summed E-state index contributed by atoms with van der Waals surface area (Å²) in [7, 11) is 0. The van der Waals surface area contributed by atoms with E-state index in [0.717, 1.165) is 3.57 Å². The van der Waals surface area contributed by atoms with Crippen molar-refractivity contribution in [2.24, 2.45) is 5.73 Å². The SMILES string of the molecule is NC(=O)COC(=O)CNC(=O)c1ccccc1I. The number of nitrogens with two attached hydrogens (primary N) is 1. The standard InChI is InChI=1S/C11H11IN2O4/c12-8-4-2-1-3-7(8)11(17)14-5-10(16)18-6-9(13)15/h1-4H,5-6H2,(H2,13,15)(H,14,17). The number of benzene rings is 1. The molecule has 1 aromatic carbocycles. The van der Waals surface area contributed by atoms with Crippen molar-refractivity contribution in [3.8, 4) is 0 Å². The predicted molar refractivity (Wildman–Crippen MR) is 71.6 cm³/mol. The van der Waals surface area contributed by atoms with Crippen molar-refractivity contribution in [1.82, 2.24) is 5.32 Å². The average Bonchev–Trinajstić information content (AvgIpc) is 2.34. The summed E-state index contributed by atoms with van der Waals surface area (Å²) in [5.41, 5.74) is 5.28. The lowest BCUT2D eigenvalue weighted by atomic mass is 10.2. The molecule has 1 aromatic rings. The zero-order valence-electron chi connectivity index (χ0n) is 9.31. The van der Waals surface area contributed by atoms with Gasteiger partial charge in [-0.25, -0.2) is 0 Å². The van der Waals surface area contributed by atoms with E-state index in [2.05, 4.69) is 10.1 Å². The lowest BCUT2D eigenvalue weighted by molar-refractivity contribution is -0.146. The Kier molecular flexibility index (Phi) is 5.56. The van der Waals surface area contributed by atoms with Crippen LogP contribution >= 0.6 is 22.6 Å². The Morgan fingerprint density at radius 3 is 2.56 bits per heavy atom. The molecule has 0 saturated heterocycles. The molecule has 0 heterocycles. The van der Waals surface area contributed by atoms with Crippen molar-refractivity contribution < 1.29 is 19.1 Å². The van der Waals surface area contributed by atoms with Crippen LogP contribution in [0.15, 0.2) is 24.3 Å². The van der Waals surface area contributed by atoms with Crippen molar-refractivity contribution in [3.63, 3.8) is 0 Å². The fourth-order valence-corrected chi connectivity index (χ4v) is 1.73. The highest BCUT2D eigenvalue weighted by Gasteiger charge is 2.11. The van der Waals surface area contributed by atoms with E-state index in [-0.39, 0.29) is 12.5 Å². The van der Waals surface area contributed by atoms with Gasteiger partial charge in [-0.1, -0.05) is 12.1 Å². The Bertz CT molecular complexity index is 476. The lowest BCUT2D eigenvalue weighted by Gasteiger charge is -2.06. The van der Waals surface area contributed by atoms with Crippen LogP contribution in [-0.4, -0.2) is 30.9 Å². The van der Waals surface area contributed by atoms with Gasteiger partial charge in [0.1, 0.15) is 6.54 Å². The summed E-state index contributed by atoms with van der Waals surface area (Å²) in [5.74, 6) is -1.84. The summed E-state index contributed by atoms with van der Waals surface area (Å²) < 4.78 is 5.27. The number of rotatable bonds is 5. The van der Waals surface area contributed by atoms with Crippen LogP contribution in [0.4, 0.5) is 0 Å². The maximum absolute atomic E-state index is 11.7. The lowest BCUT2D eigenvalue weighted by Crippen LogP contribution is -2.32. The molecule has 0 radical (unpaired) electrons. The van der Waals surface area contributed by atoms with Crippen LogP contribution in [0, 0.1) is 3.57 Å². The first kappa shape index (κ1) is 14.4. The fourth-order valence-electron chi connectivity index (χ4n) is 1.10. The number of esters is 1.